The summed E-state index contributed by atoms with van der Waals surface area (Å²) in [5.74, 6) is 2.35. The number of hydrogen-bond donors (Lipinski definition) is 1. The van der Waals surface area contributed by atoms with E-state index in [-0.39, 0.29) is 5.91 Å². The van der Waals surface area contributed by atoms with Gasteiger partial charge in [-0.3, -0.25) is 9.78 Å². The SMILES string of the molecule is O=C(c1ccc(OCc2ccccn2)cc1)N1CC[C@@H]2CNC[C@@H]2CC1. The van der Waals surface area contributed by atoms with Gasteiger partial charge in [0, 0.05) is 24.8 Å². The molecule has 2 saturated heterocycles. The van der Waals surface area contributed by atoms with E-state index in [0.29, 0.717) is 6.61 Å². The Morgan fingerprint density at radius 2 is 1.81 bits per heavy atom. The summed E-state index contributed by atoms with van der Waals surface area (Å²) in [5, 5.41) is 3.48. The second-order valence-corrected chi connectivity index (χ2v) is 7.18. The zero-order valence-electron chi connectivity index (χ0n) is 14.9. The molecule has 2 atom stereocenters. The Kier molecular flexibility index (Phi) is 5.16. The molecule has 0 unspecified atom stereocenters. The summed E-state index contributed by atoms with van der Waals surface area (Å²) in [7, 11) is 0. The number of nitrogens with zero attached hydrogens (tertiary/aromatic N) is 2. The minimum absolute atomic E-state index is 0.134. The first kappa shape index (κ1) is 17.0. The average molecular weight is 351 g/mol. The number of hydrogen-bond acceptors (Lipinski definition) is 4. The minimum atomic E-state index is 0.134. The number of nitrogens with one attached hydrogen (secondary N) is 1. The summed E-state index contributed by atoms with van der Waals surface area (Å²) in [4.78, 5) is 19.1. The highest BCUT2D eigenvalue weighted by molar-refractivity contribution is 5.94. The van der Waals surface area contributed by atoms with E-state index in [0.717, 1.165) is 67.9 Å². The second-order valence-electron chi connectivity index (χ2n) is 7.18. The Bertz CT molecular complexity index is 719. The van der Waals surface area contributed by atoms with E-state index in [1.807, 2.05) is 47.4 Å². The Morgan fingerprint density at radius 1 is 1.08 bits per heavy atom. The lowest BCUT2D eigenvalue weighted by Gasteiger charge is -2.21. The van der Waals surface area contributed by atoms with E-state index < -0.39 is 0 Å². The largest absolute Gasteiger partial charge is 0.487 e. The molecule has 0 bridgehead atoms. The fraction of sp³-hybridized carbons (Fsp3) is 0.429. The number of carbonyl (C=O) groups is 1. The van der Waals surface area contributed by atoms with E-state index in [2.05, 4.69) is 10.3 Å². The van der Waals surface area contributed by atoms with E-state index in [1.54, 1.807) is 6.20 Å². The first-order chi connectivity index (χ1) is 12.8. The summed E-state index contributed by atoms with van der Waals surface area (Å²) < 4.78 is 5.75. The lowest BCUT2D eigenvalue weighted by Crippen LogP contribution is -2.32. The minimum Gasteiger partial charge on any atom is -0.487 e. The summed E-state index contributed by atoms with van der Waals surface area (Å²) in [5.41, 5.74) is 1.62. The van der Waals surface area contributed by atoms with Crippen LogP contribution < -0.4 is 10.1 Å². The van der Waals surface area contributed by atoms with Crippen molar-refractivity contribution >= 4 is 5.91 Å². The molecule has 0 radical (unpaired) electrons. The van der Waals surface area contributed by atoms with E-state index in [4.69, 9.17) is 4.74 Å². The van der Waals surface area contributed by atoms with Crippen LogP contribution in [-0.2, 0) is 6.61 Å². The molecule has 0 saturated carbocycles. The molecule has 136 valence electrons. The first-order valence-corrected chi connectivity index (χ1v) is 9.42. The van der Waals surface area contributed by atoms with Gasteiger partial charge in [0.05, 0.1) is 5.69 Å². The molecule has 0 spiro atoms. The Morgan fingerprint density at radius 3 is 2.46 bits per heavy atom. The molecular weight excluding hydrogens is 326 g/mol. The molecule has 1 amide bonds. The van der Waals surface area contributed by atoms with Crippen molar-refractivity contribution < 1.29 is 9.53 Å². The normalized spacial score (nSPS) is 22.5. The third-order valence-electron chi connectivity index (χ3n) is 5.52. The summed E-state index contributed by atoms with van der Waals surface area (Å²) in [6.45, 7) is 4.36. The Balaban J connectivity index is 1.34. The zero-order valence-corrected chi connectivity index (χ0v) is 14.9. The van der Waals surface area contributed by atoms with Gasteiger partial charge in [-0.25, -0.2) is 0 Å². The van der Waals surface area contributed by atoms with Crippen LogP contribution >= 0.6 is 0 Å². The number of likely N-dealkylation sites (tertiary alicyclic amines) is 1. The average Bonchev–Trinajstić information content (AvgIpc) is 3.05. The van der Waals surface area contributed by atoms with Crippen molar-refractivity contribution in [2.45, 2.75) is 19.4 Å². The van der Waals surface area contributed by atoms with Gasteiger partial charge in [-0.1, -0.05) is 6.07 Å². The van der Waals surface area contributed by atoms with E-state index in [9.17, 15) is 4.79 Å². The summed E-state index contributed by atoms with van der Waals surface area (Å²) in [6, 6.07) is 13.2. The van der Waals surface area contributed by atoms with Gasteiger partial charge in [0.15, 0.2) is 0 Å². The number of benzene rings is 1. The van der Waals surface area contributed by atoms with Crippen LogP contribution in [0.1, 0.15) is 28.9 Å². The Hall–Kier alpha value is -2.40. The highest BCUT2D eigenvalue weighted by atomic mass is 16.5. The van der Waals surface area contributed by atoms with Crippen molar-refractivity contribution in [2.24, 2.45) is 11.8 Å². The van der Waals surface area contributed by atoms with Crippen LogP contribution in [0.15, 0.2) is 48.7 Å². The number of fused-ring (bicyclic) bond motifs is 1. The van der Waals surface area contributed by atoms with Gasteiger partial charge >= 0.3 is 0 Å². The number of ether oxygens (including phenoxy) is 1. The standard InChI is InChI=1S/C21H25N3O2/c25-21(24-11-8-17-13-22-14-18(17)9-12-24)16-4-6-20(7-5-16)26-15-19-3-1-2-10-23-19/h1-7,10,17-18,22H,8-9,11-15H2/t17-,18+. The monoisotopic (exact) mass is 351 g/mol. The molecule has 2 fully saturated rings. The van der Waals surface area contributed by atoms with E-state index in [1.165, 1.54) is 0 Å². The van der Waals surface area contributed by atoms with Gasteiger partial charge in [-0.15, -0.1) is 0 Å². The predicted octanol–water partition coefficient (Wildman–Crippen LogP) is 2.73. The summed E-state index contributed by atoms with van der Waals surface area (Å²) in [6.07, 6.45) is 3.97. The zero-order chi connectivity index (χ0) is 17.8. The number of pyridine rings is 1. The third kappa shape index (κ3) is 3.88. The molecule has 1 N–H and O–H groups in total. The first-order valence-electron chi connectivity index (χ1n) is 9.42. The molecule has 2 aromatic rings. The molecule has 5 heteroatoms. The third-order valence-corrected chi connectivity index (χ3v) is 5.52. The lowest BCUT2D eigenvalue weighted by molar-refractivity contribution is 0.0758. The highest BCUT2D eigenvalue weighted by Gasteiger charge is 2.31. The maximum Gasteiger partial charge on any atom is 0.253 e. The van der Waals surface area contributed by atoms with Crippen molar-refractivity contribution in [3.8, 4) is 5.75 Å². The van der Waals surface area contributed by atoms with Crippen LogP contribution in [0.2, 0.25) is 0 Å². The van der Waals surface area contributed by atoms with Gasteiger partial charge in [-0.2, -0.15) is 0 Å². The topological polar surface area (TPSA) is 54.5 Å². The molecule has 5 nitrogen and oxygen atoms in total. The molecule has 0 aliphatic carbocycles. The highest BCUT2D eigenvalue weighted by Crippen LogP contribution is 2.27. The van der Waals surface area contributed by atoms with Crippen LogP contribution in [-0.4, -0.2) is 42.0 Å². The molecule has 3 heterocycles. The molecule has 2 aliphatic rings. The lowest BCUT2D eigenvalue weighted by atomic mass is 9.92. The molecule has 4 rings (SSSR count). The van der Waals surface area contributed by atoms with Crippen molar-refractivity contribution in [1.29, 1.82) is 0 Å². The van der Waals surface area contributed by atoms with Crippen LogP contribution in [0.25, 0.3) is 0 Å². The van der Waals surface area contributed by atoms with Crippen LogP contribution in [0.5, 0.6) is 5.75 Å². The van der Waals surface area contributed by atoms with Gasteiger partial charge < -0.3 is 15.0 Å². The van der Waals surface area contributed by atoms with Crippen LogP contribution in [0.3, 0.4) is 0 Å². The molecule has 1 aromatic carbocycles. The van der Waals surface area contributed by atoms with Gasteiger partial charge in [0.2, 0.25) is 0 Å². The number of aromatic nitrogens is 1. The van der Waals surface area contributed by atoms with Crippen LogP contribution in [0, 0.1) is 11.8 Å². The van der Waals surface area contributed by atoms with Crippen molar-refractivity contribution in [1.82, 2.24) is 15.2 Å². The fourth-order valence-corrected chi connectivity index (χ4v) is 3.94. The maximum absolute atomic E-state index is 12.8. The maximum atomic E-state index is 12.8. The second kappa shape index (κ2) is 7.87. The number of carbonyl (C=O) groups excluding carboxylic acids is 1. The van der Waals surface area contributed by atoms with E-state index >= 15 is 0 Å². The van der Waals surface area contributed by atoms with Gasteiger partial charge in [0.25, 0.3) is 5.91 Å². The number of rotatable bonds is 4. The fourth-order valence-electron chi connectivity index (χ4n) is 3.94. The Labute approximate surface area is 154 Å². The molecular formula is C21H25N3O2. The quantitative estimate of drug-likeness (QED) is 0.920. The van der Waals surface area contributed by atoms with Crippen LogP contribution in [0.4, 0.5) is 0 Å². The smallest absolute Gasteiger partial charge is 0.253 e. The van der Waals surface area contributed by atoms with Gasteiger partial charge in [0.1, 0.15) is 12.4 Å². The van der Waals surface area contributed by atoms with Crippen molar-refractivity contribution in [3.63, 3.8) is 0 Å². The molecule has 2 aliphatic heterocycles. The molecule has 26 heavy (non-hydrogen) atoms. The van der Waals surface area contributed by atoms with Crippen molar-refractivity contribution in [2.75, 3.05) is 26.2 Å². The summed E-state index contributed by atoms with van der Waals surface area (Å²) >= 11 is 0. The van der Waals surface area contributed by atoms with Crippen molar-refractivity contribution in [3.05, 3.63) is 59.9 Å². The molecule has 1 aromatic heterocycles. The van der Waals surface area contributed by atoms with Gasteiger partial charge in [-0.05, 0) is 74.2 Å². The number of amides is 1. The predicted molar refractivity (Wildman–Crippen MR) is 100.0 cm³/mol.